The molecular formula is C13H12F2N2OS. The number of nitrogens with two attached hydrogens (primary N) is 1. The first-order valence-corrected chi connectivity index (χ1v) is 6.33. The van der Waals surface area contributed by atoms with Gasteiger partial charge in [0.1, 0.15) is 5.69 Å². The number of nitrogen functional groups attached to an aromatic ring is 1. The molecule has 0 saturated heterocycles. The van der Waals surface area contributed by atoms with Gasteiger partial charge in [-0.1, -0.05) is 0 Å². The van der Waals surface area contributed by atoms with Crippen molar-refractivity contribution >= 4 is 28.6 Å². The van der Waals surface area contributed by atoms with E-state index in [4.69, 9.17) is 5.73 Å². The minimum Gasteiger partial charge on any atom is -0.397 e. The molecule has 0 aliphatic heterocycles. The number of nitrogens with one attached hydrogen (secondary N) is 1. The Balaban J connectivity index is 2.31. The number of hydrogen-bond donors (Lipinski definition) is 2. The first-order valence-electron chi connectivity index (χ1n) is 5.52. The summed E-state index contributed by atoms with van der Waals surface area (Å²) < 4.78 is 26.7. The molecule has 2 aromatic rings. The maximum Gasteiger partial charge on any atom is 0.265 e. The van der Waals surface area contributed by atoms with Crippen molar-refractivity contribution in [3.05, 3.63) is 45.2 Å². The number of anilines is 2. The lowest BCUT2D eigenvalue weighted by Gasteiger charge is -2.08. The van der Waals surface area contributed by atoms with Gasteiger partial charge in [-0.25, -0.2) is 8.78 Å². The lowest BCUT2D eigenvalue weighted by molar-refractivity contribution is 0.103. The number of rotatable bonds is 2. The summed E-state index contributed by atoms with van der Waals surface area (Å²) in [4.78, 5) is 13.4. The maximum atomic E-state index is 13.6. The van der Waals surface area contributed by atoms with Gasteiger partial charge in [-0.05, 0) is 37.6 Å². The number of carbonyl (C=O) groups is 1. The van der Waals surface area contributed by atoms with Crippen molar-refractivity contribution in [1.82, 2.24) is 0 Å². The second kappa shape index (κ2) is 4.97. The molecule has 0 spiro atoms. The molecule has 2 rings (SSSR count). The molecule has 0 atom stereocenters. The largest absolute Gasteiger partial charge is 0.397 e. The van der Waals surface area contributed by atoms with Gasteiger partial charge in [0.15, 0.2) is 11.6 Å². The molecule has 1 aromatic carbocycles. The zero-order valence-electron chi connectivity index (χ0n) is 10.4. The zero-order valence-corrected chi connectivity index (χ0v) is 11.2. The number of carbonyl (C=O) groups excluding carboxylic acids is 1. The van der Waals surface area contributed by atoms with Gasteiger partial charge in [-0.3, -0.25) is 4.79 Å². The number of hydrogen-bond acceptors (Lipinski definition) is 3. The van der Waals surface area contributed by atoms with Crippen LogP contribution in [0, 0.1) is 25.5 Å². The van der Waals surface area contributed by atoms with Crippen molar-refractivity contribution in [2.24, 2.45) is 0 Å². The first kappa shape index (κ1) is 13.5. The standard InChI is InChI=1S/C13H12F2N2OS/c1-6-5-10(19-7(6)2)13(18)17-12-9(16)4-3-8(14)11(12)15/h3-5H,16H2,1-2H3,(H,17,18). The quantitative estimate of drug-likeness (QED) is 0.829. The van der Waals surface area contributed by atoms with Crippen molar-refractivity contribution in [2.45, 2.75) is 13.8 Å². The molecule has 0 aliphatic rings. The fourth-order valence-electron chi connectivity index (χ4n) is 1.55. The van der Waals surface area contributed by atoms with Crippen LogP contribution in [0.5, 0.6) is 0 Å². The van der Waals surface area contributed by atoms with E-state index in [1.807, 2.05) is 13.8 Å². The van der Waals surface area contributed by atoms with Crippen molar-refractivity contribution in [2.75, 3.05) is 11.1 Å². The van der Waals surface area contributed by atoms with Crippen LogP contribution in [0.2, 0.25) is 0 Å². The van der Waals surface area contributed by atoms with Gasteiger partial charge in [0.25, 0.3) is 5.91 Å². The van der Waals surface area contributed by atoms with Crippen LogP contribution >= 0.6 is 11.3 Å². The predicted octanol–water partition coefficient (Wildman–Crippen LogP) is 3.48. The van der Waals surface area contributed by atoms with Crippen LogP contribution in [0.1, 0.15) is 20.1 Å². The fourth-order valence-corrected chi connectivity index (χ4v) is 2.48. The Hall–Kier alpha value is -1.95. The van der Waals surface area contributed by atoms with Crippen LogP contribution < -0.4 is 11.1 Å². The Morgan fingerprint density at radius 2 is 2.00 bits per heavy atom. The second-order valence-corrected chi connectivity index (χ2v) is 5.39. The molecule has 3 nitrogen and oxygen atoms in total. The highest BCUT2D eigenvalue weighted by Gasteiger charge is 2.17. The van der Waals surface area contributed by atoms with Crippen molar-refractivity contribution in [3.63, 3.8) is 0 Å². The van der Waals surface area contributed by atoms with E-state index in [2.05, 4.69) is 5.32 Å². The van der Waals surface area contributed by atoms with E-state index in [-0.39, 0.29) is 11.4 Å². The Kier molecular flexibility index (Phi) is 3.53. The second-order valence-electron chi connectivity index (χ2n) is 4.13. The normalized spacial score (nSPS) is 10.5. The molecule has 0 saturated carbocycles. The number of aryl methyl sites for hydroxylation is 2. The Morgan fingerprint density at radius 3 is 2.58 bits per heavy atom. The summed E-state index contributed by atoms with van der Waals surface area (Å²) in [5.74, 6) is -2.71. The number of thiophene rings is 1. The third-order valence-corrected chi connectivity index (χ3v) is 3.91. The van der Waals surface area contributed by atoms with Crippen molar-refractivity contribution in [1.29, 1.82) is 0 Å². The summed E-state index contributed by atoms with van der Waals surface area (Å²) in [5, 5.41) is 2.31. The first-order chi connectivity index (χ1) is 8.90. The van der Waals surface area contributed by atoms with Crippen molar-refractivity contribution < 1.29 is 13.6 Å². The van der Waals surface area contributed by atoms with Crippen molar-refractivity contribution in [3.8, 4) is 0 Å². The van der Waals surface area contributed by atoms with E-state index in [0.717, 1.165) is 16.5 Å². The van der Waals surface area contributed by atoms with Crippen LogP contribution in [0.4, 0.5) is 20.2 Å². The van der Waals surface area contributed by atoms with E-state index in [1.54, 1.807) is 6.07 Å². The van der Waals surface area contributed by atoms with Gasteiger partial charge < -0.3 is 11.1 Å². The van der Waals surface area contributed by atoms with Crippen LogP contribution in [-0.4, -0.2) is 5.91 Å². The van der Waals surface area contributed by atoms with Crippen LogP contribution in [0.25, 0.3) is 0 Å². The maximum absolute atomic E-state index is 13.6. The van der Waals surface area contributed by atoms with Gasteiger partial charge in [0, 0.05) is 4.88 Å². The van der Waals surface area contributed by atoms with Gasteiger partial charge in [0.05, 0.1) is 10.6 Å². The molecule has 1 amide bonds. The minimum absolute atomic E-state index is 0.0164. The summed E-state index contributed by atoms with van der Waals surface area (Å²) in [7, 11) is 0. The monoisotopic (exact) mass is 282 g/mol. The highest BCUT2D eigenvalue weighted by molar-refractivity contribution is 7.14. The SMILES string of the molecule is Cc1cc(C(=O)Nc2c(N)ccc(F)c2F)sc1C. The summed E-state index contributed by atoms with van der Waals surface area (Å²) in [6.45, 7) is 3.76. The molecule has 19 heavy (non-hydrogen) atoms. The minimum atomic E-state index is -1.15. The Morgan fingerprint density at radius 1 is 1.32 bits per heavy atom. The molecule has 3 N–H and O–H groups in total. The van der Waals surface area contributed by atoms with Crippen LogP contribution in [0.3, 0.4) is 0 Å². The molecule has 0 aliphatic carbocycles. The van der Waals surface area contributed by atoms with E-state index in [1.165, 1.54) is 17.4 Å². The fraction of sp³-hybridized carbons (Fsp3) is 0.154. The predicted molar refractivity (Wildman–Crippen MR) is 72.5 cm³/mol. The average molecular weight is 282 g/mol. The lowest BCUT2D eigenvalue weighted by atomic mass is 10.2. The summed E-state index contributed by atoms with van der Waals surface area (Å²) in [5.41, 5.74) is 6.17. The molecule has 1 heterocycles. The van der Waals surface area contributed by atoms with E-state index in [9.17, 15) is 13.6 Å². The van der Waals surface area contributed by atoms with Crippen LogP contribution in [0.15, 0.2) is 18.2 Å². The third-order valence-electron chi connectivity index (χ3n) is 2.76. The molecular weight excluding hydrogens is 270 g/mol. The highest BCUT2D eigenvalue weighted by Crippen LogP contribution is 2.27. The Bertz CT molecular complexity index is 633. The smallest absolute Gasteiger partial charge is 0.265 e. The van der Waals surface area contributed by atoms with Gasteiger partial charge in [-0.2, -0.15) is 0 Å². The summed E-state index contributed by atoms with van der Waals surface area (Å²) in [6, 6.07) is 3.82. The number of benzene rings is 1. The molecule has 0 radical (unpaired) electrons. The lowest BCUT2D eigenvalue weighted by Crippen LogP contribution is -2.13. The van der Waals surface area contributed by atoms with E-state index < -0.39 is 17.5 Å². The van der Waals surface area contributed by atoms with Gasteiger partial charge in [-0.15, -0.1) is 11.3 Å². The molecule has 0 bridgehead atoms. The highest BCUT2D eigenvalue weighted by atomic mass is 32.1. The topological polar surface area (TPSA) is 55.1 Å². The molecule has 6 heteroatoms. The van der Waals surface area contributed by atoms with Gasteiger partial charge in [0.2, 0.25) is 0 Å². The zero-order chi connectivity index (χ0) is 14.2. The number of halogens is 2. The van der Waals surface area contributed by atoms with E-state index in [0.29, 0.717) is 4.88 Å². The molecule has 1 aromatic heterocycles. The number of amides is 1. The molecule has 0 fully saturated rings. The van der Waals surface area contributed by atoms with Crippen LogP contribution in [-0.2, 0) is 0 Å². The molecule has 0 unspecified atom stereocenters. The average Bonchev–Trinajstić information content (AvgIpc) is 2.70. The Labute approximate surface area is 113 Å². The molecule has 100 valence electrons. The van der Waals surface area contributed by atoms with Gasteiger partial charge >= 0.3 is 0 Å². The van der Waals surface area contributed by atoms with E-state index >= 15 is 0 Å². The summed E-state index contributed by atoms with van der Waals surface area (Å²) in [6.07, 6.45) is 0. The third kappa shape index (κ3) is 2.58. The summed E-state index contributed by atoms with van der Waals surface area (Å²) >= 11 is 1.29.